The van der Waals surface area contributed by atoms with Crippen LogP contribution in [0.4, 0.5) is 0 Å². The highest BCUT2D eigenvalue weighted by Crippen LogP contribution is 2.34. The van der Waals surface area contributed by atoms with Gasteiger partial charge < -0.3 is 4.90 Å². The van der Waals surface area contributed by atoms with Crippen LogP contribution in [-0.2, 0) is 0 Å². The zero-order valence-electron chi connectivity index (χ0n) is 12.8. The Balaban J connectivity index is 0. The van der Waals surface area contributed by atoms with Crippen molar-refractivity contribution in [1.82, 2.24) is 4.90 Å². The molecule has 0 saturated heterocycles. The van der Waals surface area contributed by atoms with Gasteiger partial charge in [-0.2, -0.15) is 0 Å². The second-order valence-corrected chi connectivity index (χ2v) is 5.76. The van der Waals surface area contributed by atoms with Crippen molar-refractivity contribution < 1.29 is 0 Å². The minimum atomic E-state index is 0.258. The van der Waals surface area contributed by atoms with E-state index in [1.165, 1.54) is 19.6 Å². The summed E-state index contributed by atoms with van der Waals surface area (Å²) in [6.07, 6.45) is 0. The molecule has 2 radical (unpaired) electrons. The Bertz CT molecular complexity index is 140. The van der Waals surface area contributed by atoms with Crippen LogP contribution in [0.3, 0.4) is 0 Å². The molecule has 16 heavy (non-hydrogen) atoms. The summed E-state index contributed by atoms with van der Waals surface area (Å²) in [7, 11) is 5.89. The van der Waals surface area contributed by atoms with E-state index in [4.69, 9.17) is 7.85 Å². The van der Waals surface area contributed by atoms with Gasteiger partial charge in [-0.1, -0.05) is 67.1 Å². The molecule has 0 amide bonds. The zero-order chi connectivity index (χ0) is 13.4. The third-order valence-electron chi connectivity index (χ3n) is 3.06. The van der Waals surface area contributed by atoms with Gasteiger partial charge in [-0.15, -0.1) is 0 Å². The van der Waals surface area contributed by atoms with Gasteiger partial charge >= 0.3 is 0 Å². The predicted octanol–water partition coefficient (Wildman–Crippen LogP) is 3.99. The van der Waals surface area contributed by atoms with Crippen molar-refractivity contribution in [2.24, 2.45) is 11.3 Å². The Hall–Kier alpha value is 0.0249. The van der Waals surface area contributed by atoms with E-state index in [1.54, 1.807) is 0 Å². The average Bonchev–Trinajstić information content (AvgIpc) is 2.19. The molecule has 0 N–H and O–H groups in total. The molecule has 0 fully saturated rings. The van der Waals surface area contributed by atoms with Crippen molar-refractivity contribution in [2.75, 3.05) is 19.6 Å². The molecule has 0 aromatic heterocycles. The Morgan fingerprint density at radius 3 is 1.25 bits per heavy atom. The maximum atomic E-state index is 5.89. The van der Waals surface area contributed by atoms with Crippen molar-refractivity contribution in [3.63, 3.8) is 0 Å². The summed E-state index contributed by atoms with van der Waals surface area (Å²) in [5, 5.41) is 0. The number of hydrogen-bond donors (Lipinski definition) is 0. The lowest BCUT2D eigenvalue weighted by Gasteiger charge is -2.30. The quantitative estimate of drug-likeness (QED) is 0.654. The molecular formula is C14H32BN. The lowest BCUT2D eigenvalue weighted by molar-refractivity contribution is 0.321. The van der Waals surface area contributed by atoms with E-state index in [2.05, 4.69) is 60.3 Å². The Morgan fingerprint density at radius 2 is 1.25 bits per heavy atom. The van der Waals surface area contributed by atoms with Crippen LogP contribution in [0.25, 0.3) is 0 Å². The molecule has 0 heterocycles. The molecule has 0 saturated carbocycles. The highest BCUT2D eigenvalue weighted by atomic mass is 15.1. The van der Waals surface area contributed by atoms with Crippen LogP contribution in [0.15, 0.2) is 0 Å². The fourth-order valence-electron chi connectivity index (χ4n) is 1.67. The van der Waals surface area contributed by atoms with Crippen LogP contribution in [0, 0.1) is 11.3 Å². The summed E-state index contributed by atoms with van der Waals surface area (Å²) in [6.45, 7) is 21.0. The van der Waals surface area contributed by atoms with Crippen LogP contribution in [0.5, 0.6) is 0 Å². The van der Waals surface area contributed by atoms with Crippen molar-refractivity contribution >= 4 is 7.85 Å². The first kappa shape index (κ1) is 18.4. The van der Waals surface area contributed by atoms with Crippen LogP contribution in [-0.4, -0.2) is 32.4 Å². The molecule has 0 spiro atoms. The molecule has 1 nitrogen and oxygen atoms in total. The van der Waals surface area contributed by atoms with E-state index < -0.39 is 0 Å². The molecule has 0 aromatic rings. The van der Waals surface area contributed by atoms with Crippen molar-refractivity contribution in [3.05, 3.63) is 0 Å². The molecule has 0 aliphatic rings. The molecule has 0 aromatic carbocycles. The van der Waals surface area contributed by atoms with E-state index in [-0.39, 0.29) is 5.41 Å². The van der Waals surface area contributed by atoms with E-state index in [1.807, 2.05) is 0 Å². The predicted molar refractivity (Wildman–Crippen MR) is 77.3 cm³/mol. The van der Waals surface area contributed by atoms with E-state index in [0.29, 0.717) is 11.7 Å². The lowest BCUT2D eigenvalue weighted by atomic mass is 9.63. The molecular weight excluding hydrogens is 193 g/mol. The first-order valence-electron chi connectivity index (χ1n) is 6.68. The topological polar surface area (TPSA) is 3.24 Å². The highest BCUT2D eigenvalue weighted by Gasteiger charge is 2.21. The Kier molecular flexibility index (Phi) is 10.5. The SMILES string of the molecule is CCN(CC)CC.[B]C(C(C)C)C(C)(C)C. The van der Waals surface area contributed by atoms with Gasteiger partial charge in [0.25, 0.3) is 0 Å². The number of hydrogen-bond acceptors (Lipinski definition) is 1. The first-order valence-corrected chi connectivity index (χ1v) is 6.68. The van der Waals surface area contributed by atoms with Gasteiger partial charge in [0.2, 0.25) is 0 Å². The van der Waals surface area contributed by atoms with Gasteiger partial charge in [0.15, 0.2) is 0 Å². The second kappa shape index (κ2) is 9.10. The normalized spacial score (nSPS) is 13.6. The van der Waals surface area contributed by atoms with E-state index in [9.17, 15) is 0 Å². The molecule has 0 aliphatic carbocycles. The maximum Gasteiger partial charge on any atom is 0.0710 e. The highest BCUT2D eigenvalue weighted by molar-refractivity contribution is 6.12. The smallest absolute Gasteiger partial charge is 0.0710 e. The monoisotopic (exact) mass is 225 g/mol. The third kappa shape index (κ3) is 9.27. The number of rotatable bonds is 4. The van der Waals surface area contributed by atoms with Gasteiger partial charge in [0, 0.05) is 0 Å². The molecule has 96 valence electrons. The van der Waals surface area contributed by atoms with Crippen molar-refractivity contribution in [1.29, 1.82) is 0 Å². The van der Waals surface area contributed by atoms with Crippen LogP contribution in [0.1, 0.15) is 55.4 Å². The Morgan fingerprint density at radius 1 is 0.938 bits per heavy atom. The van der Waals surface area contributed by atoms with Gasteiger partial charge in [0.05, 0.1) is 7.85 Å². The summed E-state index contributed by atoms with van der Waals surface area (Å²) >= 11 is 0. The molecule has 0 bridgehead atoms. The van der Waals surface area contributed by atoms with Gasteiger partial charge in [-0.3, -0.25) is 0 Å². The van der Waals surface area contributed by atoms with E-state index >= 15 is 0 Å². The summed E-state index contributed by atoms with van der Waals surface area (Å²) in [4.78, 5) is 2.38. The van der Waals surface area contributed by atoms with Gasteiger partial charge in [-0.05, 0) is 25.0 Å². The van der Waals surface area contributed by atoms with Crippen molar-refractivity contribution in [2.45, 2.75) is 61.2 Å². The lowest BCUT2D eigenvalue weighted by Crippen LogP contribution is -2.21. The van der Waals surface area contributed by atoms with E-state index in [0.717, 1.165) is 0 Å². The maximum absolute atomic E-state index is 5.89. The summed E-state index contributed by atoms with van der Waals surface area (Å²) in [5.74, 6) is 0.905. The molecule has 1 unspecified atom stereocenters. The van der Waals surface area contributed by atoms with Crippen LogP contribution < -0.4 is 0 Å². The largest absolute Gasteiger partial charge is 0.304 e. The molecule has 0 rings (SSSR count). The average molecular weight is 225 g/mol. The number of nitrogens with zero attached hydrogens (tertiary/aromatic N) is 1. The summed E-state index contributed by atoms with van der Waals surface area (Å²) in [6, 6.07) is 0. The summed E-state index contributed by atoms with van der Waals surface area (Å²) in [5.41, 5.74) is 0.258. The zero-order valence-corrected chi connectivity index (χ0v) is 12.8. The van der Waals surface area contributed by atoms with Crippen molar-refractivity contribution in [3.8, 4) is 0 Å². The fraction of sp³-hybridized carbons (Fsp3) is 1.00. The van der Waals surface area contributed by atoms with Crippen LogP contribution in [0.2, 0.25) is 5.82 Å². The molecule has 0 aliphatic heterocycles. The van der Waals surface area contributed by atoms with Crippen LogP contribution >= 0.6 is 0 Å². The minimum absolute atomic E-state index is 0.258. The standard InChI is InChI=1S/C8H17B.C6H15N/c1-6(2)7(9)8(3,4)5;1-4-7(5-2)6-3/h6-7H,1-5H3;4-6H2,1-3H3. The summed E-state index contributed by atoms with van der Waals surface area (Å²) < 4.78 is 0. The van der Waals surface area contributed by atoms with Gasteiger partial charge in [-0.25, -0.2) is 0 Å². The third-order valence-corrected chi connectivity index (χ3v) is 3.06. The Labute approximate surface area is 105 Å². The fourth-order valence-corrected chi connectivity index (χ4v) is 1.67. The van der Waals surface area contributed by atoms with Gasteiger partial charge in [0.1, 0.15) is 0 Å². The minimum Gasteiger partial charge on any atom is -0.304 e. The molecule has 1 atom stereocenters. The first-order chi connectivity index (χ1) is 7.20. The second-order valence-electron chi connectivity index (χ2n) is 5.76. The molecule has 2 heteroatoms.